The zero-order valence-corrected chi connectivity index (χ0v) is 25.9. The average Bonchev–Trinajstić information content (AvgIpc) is 3.09. The monoisotopic (exact) mass is 614 g/mol. The van der Waals surface area contributed by atoms with Gasteiger partial charge in [-0.3, -0.25) is 0 Å². The molecule has 0 saturated carbocycles. The molecule has 0 amide bonds. The highest BCUT2D eigenvalue weighted by atomic mass is 16.5. The van der Waals surface area contributed by atoms with Crippen LogP contribution >= 0.6 is 0 Å². The highest BCUT2D eigenvalue weighted by Crippen LogP contribution is 2.31. The standard InChI is InChI=1S/C39H34O7/c1-26-19-33(37(40)43-3)20-27(2)36(26)31-15-10-16-35(22-31)44-23-28-17-18-32(24-45-38(41)29-11-6-4-7-12-29)34(21-28)25-46-39(42)30-13-8-5-9-14-30/h4-22H,23-25H2,1-3H3. The molecule has 0 heterocycles. The minimum Gasteiger partial charge on any atom is -0.489 e. The smallest absolute Gasteiger partial charge is 0.338 e. The second-order valence-corrected chi connectivity index (χ2v) is 10.8. The Hall–Kier alpha value is -5.69. The van der Waals surface area contributed by atoms with Crippen LogP contribution in [0, 0.1) is 13.8 Å². The molecule has 0 aliphatic rings. The second kappa shape index (κ2) is 14.9. The summed E-state index contributed by atoms with van der Waals surface area (Å²) in [7, 11) is 1.37. The third-order valence-corrected chi connectivity index (χ3v) is 7.49. The fourth-order valence-electron chi connectivity index (χ4n) is 5.21. The summed E-state index contributed by atoms with van der Waals surface area (Å²) in [4.78, 5) is 37.3. The third-order valence-electron chi connectivity index (χ3n) is 7.49. The van der Waals surface area contributed by atoms with Gasteiger partial charge in [-0.15, -0.1) is 0 Å². The first-order chi connectivity index (χ1) is 22.3. The van der Waals surface area contributed by atoms with Crippen molar-refractivity contribution in [3.05, 3.63) is 160 Å². The van der Waals surface area contributed by atoms with Crippen LogP contribution in [-0.4, -0.2) is 25.0 Å². The first-order valence-corrected chi connectivity index (χ1v) is 14.8. The fourth-order valence-corrected chi connectivity index (χ4v) is 5.21. The van der Waals surface area contributed by atoms with Gasteiger partial charge in [0, 0.05) is 0 Å². The molecule has 0 aliphatic carbocycles. The number of esters is 3. The molecule has 0 radical (unpaired) electrons. The van der Waals surface area contributed by atoms with E-state index in [4.69, 9.17) is 18.9 Å². The van der Waals surface area contributed by atoms with Crippen LogP contribution in [-0.2, 0) is 34.0 Å². The van der Waals surface area contributed by atoms with Gasteiger partial charge in [-0.05, 0) is 107 Å². The van der Waals surface area contributed by atoms with Gasteiger partial charge in [0.15, 0.2) is 0 Å². The molecule has 0 fully saturated rings. The van der Waals surface area contributed by atoms with E-state index in [-0.39, 0.29) is 25.8 Å². The van der Waals surface area contributed by atoms with Crippen molar-refractivity contribution >= 4 is 17.9 Å². The van der Waals surface area contributed by atoms with Crippen molar-refractivity contribution in [1.82, 2.24) is 0 Å². The van der Waals surface area contributed by atoms with Crippen LogP contribution in [0.4, 0.5) is 0 Å². The van der Waals surface area contributed by atoms with Gasteiger partial charge in [0.2, 0.25) is 0 Å². The first-order valence-electron chi connectivity index (χ1n) is 14.8. The predicted octanol–water partition coefficient (Wildman–Crippen LogP) is 8.05. The minimum absolute atomic E-state index is 0.00457. The second-order valence-electron chi connectivity index (χ2n) is 10.8. The maximum atomic E-state index is 12.7. The molecule has 0 spiro atoms. The number of hydrogen-bond acceptors (Lipinski definition) is 7. The van der Waals surface area contributed by atoms with Gasteiger partial charge in [0.1, 0.15) is 25.6 Å². The topological polar surface area (TPSA) is 88.1 Å². The Morgan fingerprint density at radius 1 is 0.543 bits per heavy atom. The molecule has 0 N–H and O–H groups in total. The van der Waals surface area contributed by atoms with Crippen molar-refractivity contribution in [2.24, 2.45) is 0 Å². The molecular weight excluding hydrogens is 580 g/mol. The molecule has 0 aromatic heterocycles. The van der Waals surface area contributed by atoms with E-state index in [9.17, 15) is 14.4 Å². The van der Waals surface area contributed by atoms with E-state index in [1.54, 1.807) is 48.5 Å². The Balaban J connectivity index is 1.33. The van der Waals surface area contributed by atoms with Gasteiger partial charge in [-0.2, -0.15) is 0 Å². The Morgan fingerprint density at radius 2 is 1.13 bits per heavy atom. The van der Waals surface area contributed by atoms with Crippen molar-refractivity contribution in [3.63, 3.8) is 0 Å². The summed E-state index contributed by atoms with van der Waals surface area (Å²) in [6, 6.07) is 34.6. The van der Waals surface area contributed by atoms with Crippen LogP contribution in [0.15, 0.2) is 115 Å². The van der Waals surface area contributed by atoms with Gasteiger partial charge >= 0.3 is 17.9 Å². The predicted molar refractivity (Wildman–Crippen MR) is 175 cm³/mol. The molecule has 232 valence electrons. The SMILES string of the molecule is COC(=O)c1cc(C)c(-c2cccc(OCc3ccc(COC(=O)c4ccccc4)c(COC(=O)c4ccccc4)c3)c2)c(C)c1. The number of carbonyl (C=O) groups is 3. The number of ether oxygens (including phenoxy) is 4. The molecule has 5 aromatic rings. The lowest BCUT2D eigenvalue weighted by Gasteiger charge is -2.15. The van der Waals surface area contributed by atoms with Crippen LogP contribution in [0.5, 0.6) is 5.75 Å². The van der Waals surface area contributed by atoms with Gasteiger partial charge in [0.25, 0.3) is 0 Å². The van der Waals surface area contributed by atoms with Crippen molar-refractivity contribution in [3.8, 4) is 16.9 Å². The van der Waals surface area contributed by atoms with Crippen molar-refractivity contribution in [2.75, 3.05) is 7.11 Å². The van der Waals surface area contributed by atoms with E-state index < -0.39 is 11.9 Å². The molecule has 7 heteroatoms. The zero-order valence-electron chi connectivity index (χ0n) is 25.9. The molecule has 0 atom stereocenters. The lowest BCUT2D eigenvalue weighted by Crippen LogP contribution is -2.10. The van der Waals surface area contributed by atoms with Crippen LogP contribution in [0.2, 0.25) is 0 Å². The van der Waals surface area contributed by atoms with Crippen LogP contribution in [0.25, 0.3) is 11.1 Å². The van der Waals surface area contributed by atoms with E-state index in [0.29, 0.717) is 28.0 Å². The maximum absolute atomic E-state index is 12.7. The number of rotatable bonds is 11. The maximum Gasteiger partial charge on any atom is 0.338 e. The summed E-state index contributed by atoms with van der Waals surface area (Å²) in [6.45, 7) is 4.20. The van der Waals surface area contributed by atoms with Crippen LogP contribution in [0.1, 0.15) is 58.9 Å². The number of aryl methyl sites for hydroxylation is 2. The highest BCUT2D eigenvalue weighted by molar-refractivity contribution is 5.91. The summed E-state index contributed by atoms with van der Waals surface area (Å²) in [5, 5.41) is 0. The van der Waals surface area contributed by atoms with Crippen molar-refractivity contribution in [1.29, 1.82) is 0 Å². The highest BCUT2D eigenvalue weighted by Gasteiger charge is 2.15. The lowest BCUT2D eigenvalue weighted by molar-refractivity contribution is 0.0435. The molecule has 46 heavy (non-hydrogen) atoms. The van der Waals surface area contributed by atoms with E-state index >= 15 is 0 Å². The van der Waals surface area contributed by atoms with Gasteiger partial charge in [-0.25, -0.2) is 14.4 Å². The molecule has 0 bridgehead atoms. The number of methoxy groups -OCH3 is 1. The van der Waals surface area contributed by atoms with Crippen LogP contribution in [0.3, 0.4) is 0 Å². The quantitative estimate of drug-likeness (QED) is 0.110. The average molecular weight is 615 g/mol. The minimum atomic E-state index is -0.448. The van der Waals surface area contributed by atoms with Crippen molar-refractivity contribution < 1.29 is 33.3 Å². The Kier molecular flexibility index (Phi) is 10.2. The van der Waals surface area contributed by atoms with Gasteiger partial charge in [-0.1, -0.05) is 60.7 Å². The van der Waals surface area contributed by atoms with E-state index in [1.807, 2.05) is 80.6 Å². The summed E-state index contributed by atoms with van der Waals surface area (Å²) >= 11 is 0. The molecule has 5 aromatic carbocycles. The molecule has 0 aliphatic heterocycles. The largest absolute Gasteiger partial charge is 0.489 e. The Bertz CT molecular complexity index is 1820. The number of carbonyl (C=O) groups excluding carboxylic acids is 3. The van der Waals surface area contributed by atoms with E-state index in [2.05, 4.69) is 0 Å². The molecule has 0 saturated heterocycles. The molecule has 0 unspecified atom stereocenters. The molecular formula is C39H34O7. The van der Waals surface area contributed by atoms with Crippen molar-refractivity contribution in [2.45, 2.75) is 33.7 Å². The van der Waals surface area contributed by atoms with Crippen LogP contribution < -0.4 is 4.74 Å². The number of benzene rings is 5. The summed E-state index contributed by atoms with van der Waals surface area (Å²) in [6.07, 6.45) is 0. The Labute approximate surface area is 268 Å². The van der Waals surface area contributed by atoms with E-state index in [1.165, 1.54) is 7.11 Å². The van der Waals surface area contributed by atoms with E-state index in [0.717, 1.165) is 33.4 Å². The third kappa shape index (κ3) is 7.87. The first kappa shape index (κ1) is 31.7. The molecule has 7 nitrogen and oxygen atoms in total. The normalized spacial score (nSPS) is 10.6. The summed E-state index contributed by atoms with van der Waals surface area (Å²) in [5.41, 5.74) is 7.59. The molecule has 5 rings (SSSR count). The summed E-state index contributed by atoms with van der Waals surface area (Å²) < 4.78 is 22.3. The lowest BCUT2D eigenvalue weighted by atomic mass is 9.93. The zero-order chi connectivity index (χ0) is 32.5. The van der Waals surface area contributed by atoms with Gasteiger partial charge in [0.05, 0.1) is 23.8 Å². The van der Waals surface area contributed by atoms with Gasteiger partial charge < -0.3 is 18.9 Å². The Morgan fingerprint density at radius 3 is 1.72 bits per heavy atom. The number of hydrogen-bond donors (Lipinski definition) is 0. The fraction of sp³-hybridized carbons (Fsp3) is 0.154. The summed E-state index contributed by atoms with van der Waals surface area (Å²) in [5.74, 6) is -0.585.